The molecular formula is C17H16ClNO. The Hall–Kier alpha value is -1.61. The number of benzene rings is 2. The Kier molecular flexibility index (Phi) is 3.88. The quantitative estimate of drug-likeness (QED) is 0.904. The standard InChI is InChI=1S/C17H16ClNO/c18-16-11-12-5-1-2-6-13(12)14-7-3-4-8-15(14)17(16)19-9-10-20/h1-8,11,17,19-20H,9-10H2. The minimum absolute atomic E-state index is 0.0765. The number of aliphatic hydroxyl groups is 1. The molecule has 0 saturated heterocycles. The first-order valence-electron chi connectivity index (χ1n) is 6.71. The summed E-state index contributed by atoms with van der Waals surface area (Å²) in [6, 6.07) is 16.4. The smallest absolute Gasteiger partial charge is 0.0691 e. The Labute approximate surface area is 123 Å². The summed E-state index contributed by atoms with van der Waals surface area (Å²) in [6.07, 6.45) is 2.01. The number of rotatable bonds is 3. The molecule has 3 rings (SSSR count). The number of hydrogen-bond acceptors (Lipinski definition) is 2. The van der Waals surface area contributed by atoms with E-state index in [0.717, 1.165) is 16.2 Å². The van der Waals surface area contributed by atoms with Gasteiger partial charge in [0.25, 0.3) is 0 Å². The molecule has 0 aliphatic heterocycles. The topological polar surface area (TPSA) is 32.3 Å². The molecule has 0 fully saturated rings. The highest BCUT2D eigenvalue weighted by Gasteiger charge is 2.22. The van der Waals surface area contributed by atoms with E-state index in [9.17, 15) is 0 Å². The van der Waals surface area contributed by atoms with Gasteiger partial charge in [-0.15, -0.1) is 0 Å². The number of hydrogen-bond donors (Lipinski definition) is 2. The fourth-order valence-corrected chi connectivity index (χ4v) is 2.97. The van der Waals surface area contributed by atoms with Crippen molar-refractivity contribution in [1.82, 2.24) is 5.32 Å². The highest BCUT2D eigenvalue weighted by molar-refractivity contribution is 6.32. The van der Waals surface area contributed by atoms with Crippen LogP contribution in [0.1, 0.15) is 17.2 Å². The lowest BCUT2D eigenvalue weighted by Crippen LogP contribution is -2.24. The van der Waals surface area contributed by atoms with Gasteiger partial charge < -0.3 is 10.4 Å². The molecule has 1 aliphatic rings. The van der Waals surface area contributed by atoms with E-state index in [-0.39, 0.29) is 12.6 Å². The summed E-state index contributed by atoms with van der Waals surface area (Å²) in [5, 5.41) is 13.1. The van der Waals surface area contributed by atoms with Crippen molar-refractivity contribution in [2.45, 2.75) is 6.04 Å². The molecule has 20 heavy (non-hydrogen) atoms. The minimum Gasteiger partial charge on any atom is -0.395 e. The number of halogens is 1. The molecule has 2 nitrogen and oxygen atoms in total. The van der Waals surface area contributed by atoms with Crippen LogP contribution in [-0.2, 0) is 0 Å². The van der Waals surface area contributed by atoms with Gasteiger partial charge in [0.1, 0.15) is 0 Å². The lowest BCUT2D eigenvalue weighted by atomic mass is 9.95. The van der Waals surface area contributed by atoms with E-state index in [2.05, 4.69) is 29.6 Å². The summed E-state index contributed by atoms with van der Waals surface area (Å²) in [5.74, 6) is 0. The fourth-order valence-electron chi connectivity index (χ4n) is 2.66. The maximum Gasteiger partial charge on any atom is 0.0691 e. The first kappa shape index (κ1) is 13.4. The summed E-state index contributed by atoms with van der Waals surface area (Å²) < 4.78 is 0. The second-order valence-corrected chi connectivity index (χ2v) is 5.25. The number of fused-ring (bicyclic) bond motifs is 3. The van der Waals surface area contributed by atoms with Crippen molar-refractivity contribution >= 4 is 17.7 Å². The van der Waals surface area contributed by atoms with E-state index < -0.39 is 0 Å². The molecule has 0 bridgehead atoms. The SMILES string of the molecule is OCCNC1C(Cl)=Cc2ccccc2-c2ccccc21. The monoisotopic (exact) mass is 285 g/mol. The second-order valence-electron chi connectivity index (χ2n) is 4.81. The summed E-state index contributed by atoms with van der Waals surface area (Å²) >= 11 is 6.50. The van der Waals surface area contributed by atoms with Gasteiger partial charge in [0.05, 0.1) is 12.6 Å². The first-order valence-corrected chi connectivity index (χ1v) is 7.08. The Morgan fingerprint density at radius 3 is 2.50 bits per heavy atom. The first-order chi connectivity index (χ1) is 9.81. The molecule has 0 saturated carbocycles. The summed E-state index contributed by atoms with van der Waals surface area (Å²) in [7, 11) is 0. The van der Waals surface area contributed by atoms with Crippen molar-refractivity contribution in [3.8, 4) is 11.1 Å². The molecule has 0 heterocycles. The lowest BCUT2D eigenvalue weighted by molar-refractivity contribution is 0.288. The molecular weight excluding hydrogens is 270 g/mol. The average molecular weight is 286 g/mol. The lowest BCUT2D eigenvalue weighted by Gasteiger charge is -2.19. The highest BCUT2D eigenvalue weighted by atomic mass is 35.5. The van der Waals surface area contributed by atoms with E-state index in [1.165, 1.54) is 11.1 Å². The normalized spacial score (nSPS) is 16.9. The average Bonchev–Trinajstić information content (AvgIpc) is 2.60. The molecule has 102 valence electrons. The molecule has 0 amide bonds. The highest BCUT2D eigenvalue weighted by Crippen LogP contribution is 2.39. The number of nitrogens with one attached hydrogen (secondary N) is 1. The molecule has 0 radical (unpaired) electrons. The Bertz CT molecular complexity index is 651. The van der Waals surface area contributed by atoms with Crippen LogP contribution in [0.25, 0.3) is 17.2 Å². The predicted molar refractivity (Wildman–Crippen MR) is 83.5 cm³/mol. The Morgan fingerprint density at radius 1 is 1.00 bits per heavy atom. The third-order valence-corrected chi connectivity index (χ3v) is 3.88. The summed E-state index contributed by atoms with van der Waals surface area (Å²) in [5.41, 5.74) is 4.64. The van der Waals surface area contributed by atoms with Gasteiger partial charge in [-0.05, 0) is 28.3 Å². The molecule has 0 spiro atoms. The molecule has 1 aliphatic carbocycles. The van der Waals surface area contributed by atoms with Crippen LogP contribution in [-0.4, -0.2) is 18.3 Å². The van der Waals surface area contributed by atoms with Gasteiger partial charge in [0, 0.05) is 11.6 Å². The van der Waals surface area contributed by atoms with E-state index in [1.807, 2.05) is 30.3 Å². The van der Waals surface area contributed by atoms with Crippen LogP contribution in [0.2, 0.25) is 0 Å². The van der Waals surface area contributed by atoms with E-state index in [4.69, 9.17) is 16.7 Å². The van der Waals surface area contributed by atoms with Crippen molar-refractivity contribution in [3.05, 3.63) is 64.7 Å². The van der Waals surface area contributed by atoms with Crippen LogP contribution in [0.3, 0.4) is 0 Å². The number of aliphatic hydroxyl groups excluding tert-OH is 1. The van der Waals surface area contributed by atoms with Crippen molar-refractivity contribution in [2.24, 2.45) is 0 Å². The van der Waals surface area contributed by atoms with Crippen molar-refractivity contribution in [1.29, 1.82) is 0 Å². The molecule has 1 atom stereocenters. The van der Waals surface area contributed by atoms with Crippen LogP contribution in [0.15, 0.2) is 53.6 Å². The zero-order chi connectivity index (χ0) is 13.9. The van der Waals surface area contributed by atoms with Gasteiger partial charge in [0.15, 0.2) is 0 Å². The van der Waals surface area contributed by atoms with E-state index >= 15 is 0 Å². The molecule has 2 N–H and O–H groups in total. The Morgan fingerprint density at radius 2 is 1.70 bits per heavy atom. The summed E-state index contributed by atoms with van der Waals surface area (Å²) in [6.45, 7) is 0.606. The zero-order valence-corrected chi connectivity index (χ0v) is 11.8. The third-order valence-electron chi connectivity index (χ3n) is 3.55. The molecule has 1 unspecified atom stereocenters. The molecule has 0 aromatic heterocycles. The summed E-state index contributed by atoms with van der Waals surface area (Å²) in [4.78, 5) is 0. The maximum atomic E-state index is 9.05. The van der Waals surface area contributed by atoms with Gasteiger partial charge in [-0.25, -0.2) is 0 Å². The van der Waals surface area contributed by atoms with Crippen molar-refractivity contribution < 1.29 is 5.11 Å². The van der Waals surface area contributed by atoms with Gasteiger partial charge in [-0.1, -0.05) is 60.1 Å². The predicted octanol–water partition coefficient (Wildman–Crippen LogP) is 3.57. The van der Waals surface area contributed by atoms with Crippen LogP contribution in [0.4, 0.5) is 0 Å². The Balaban J connectivity index is 2.18. The second kappa shape index (κ2) is 5.80. The van der Waals surface area contributed by atoms with Crippen molar-refractivity contribution in [3.63, 3.8) is 0 Å². The molecule has 2 aromatic rings. The van der Waals surface area contributed by atoms with E-state index in [0.29, 0.717) is 6.54 Å². The molecule has 3 heteroatoms. The van der Waals surface area contributed by atoms with Gasteiger partial charge in [-0.2, -0.15) is 0 Å². The van der Waals surface area contributed by atoms with Gasteiger partial charge in [-0.3, -0.25) is 0 Å². The van der Waals surface area contributed by atoms with Crippen LogP contribution in [0.5, 0.6) is 0 Å². The van der Waals surface area contributed by atoms with Crippen molar-refractivity contribution in [2.75, 3.05) is 13.2 Å². The van der Waals surface area contributed by atoms with Gasteiger partial charge in [0.2, 0.25) is 0 Å². The maximum absolute atomic E-state index is 9.05. The molecule has 2 aromatic carbocycles. The van der Waals surface area contributed by atoms with Gasteiger partial charge >= 0.3 is 0 Å². The van der Waals surface area contributed by atoms with Crippen LogP contribution in [0, 0.1) is 0 Å². The minimum atomic E-state index is -0.0765. The largest absolute Gasteiger partial charge is 0.395 e. The van der Waals surface area contributed by atoms with Crippen LogP contribution >= 0.6 is 11.6 Å². The van der Waals surface area contributed by atoms with Crippen LogP contribution < -0.4 is 5.32 Å². The van der Waals surface area contributed by atoms with E-state index in [1.54, 1.807) is 0 Å². The fraction of sp³-hybridized carbons (Fsp3) is 0.176. The third kappa shape index (κ3) is 2.38. The zero-order valence-electron chi connectivity index (χ0n) is 11.0.